The van der Waals surface area contributed by atoms with Crippen molar-refractivity contribution >= 4 is 28.2 Å². The van der Waals surface area contributed by atoms with Crippen LogP contribution in [0, 0.1) is 0 Å². The number of pyridine rings is 1. The summed E-state index contributed by atoms with van der Waals surface area (Å²) in [6.07, 6.45) is 1.61. The van der Waals surface area contributed by atoms with Crippen LogP contribution in [-0.2, 0) is 6.42 Å². The molecule has 8 heteroatoms. The van der Waals surface area contributed by atoms with Crippen LogP contribution >= 0.6 is 11.3 Å². The van der Waals surface area contributed by atoms with Gasteiger partial charge >= 0.3 is 0 Å². The molecule has 0 radical (unpaired) electrons. The van der Waals surface area contributed by atoms with Crippen LogP contribution in [0.2, 0.25) is 0 Å². The fourth-order valence-corrected chi connectivity index (χ4v) is 3.36. The molecule has 1 aliphatic carbocycles. The summed E-state index contributed by atoms with van der Waals surface area (Å²) in [6.45, 7) is 0. The van der Waals surface area contributed by atoms with Crippen molar-refractivity contribution in [3.8, 4) is 0 Å². The molecule has 0 aliphatic heterocycles. The Hall–Kier alpha value is -2.84. The van der Waals surface area contributed by atoms with Crippen molar-refractivity contribution in [1.29, 1.82) is 0 Å². The minimum atomic E-state index is -0.500. The summed E-state index contributed by atoms with van der Waals surface area (Å²) in [4.78, 5) is 16.4. The Kier molecular flexibility index (Phi) is 4.12. The van der Waals surface area contributed by atoms with E-state index in [-0.39, 0.29) is 11.9 Å². The molecule has 2 aromatic heterocycles. The van der Waals surface area contributed by atoms with Crippen molar-refractivity contribution in [3.63, 3.8) is 0 Å². The predicted octanol–water partition coefficient (Wildman–Crippen LogP) is 2.26. The number of aliphatic hydroxyl groups excluding tert-OH is 1. The van der Waals surface area contributed by atoms with Gasteiger partial charge in [0.05, 0.1) is 17.7 Å². The number of aromatic nitrogens is 3. The molecule has 4 rings (SSSR count). The van der Waals surface area contributed by atoms with Gasteiger partial charge in [-0.15, -0.1) is 10.2 Å². The Morgan fingerprint density at radius 3 is 2.88 bits per heavy atom. The number of fused-ring (bicyclic) bond motifs is 1. The molecular weight excluding hydrogens is 338 g/mol. The van der Waals surface area contributed by atoms with Gasteiger partial charge in [0, 0.05) is 12.6 Å². The normalized spacial score (nSPS) is 18.6. The zero-order chi connectivity index (χ0) is 17.2. The van der Waals surface area contributed by atoms with Gasteiger partial charge in [-0.2, -0.15) is 0 Å². The monoisotopic (exact) mass is 353 g/mol. The van der Waals surface area contributed by atoms with Gasteiger partial charge in [-0.05, 0) is 23.3 Å². The first-order chi connectivity index (χ1) is 12.2. The second-order valence-electron chi connectivity index (χ2n) is 5.72. The highest BCUT2D eigenvalue weighted by Gasteiger charge is 2.30. The maximum Gasteiger partial charge on any atom is 0.259 e. The molecule has 0 unspecified atom stereocenters. The number of hydrogen-bond donors (Lipinski definition) is 3. The van der Waals surface area contributed by atoms with E-state index in [4.69, 9.17) is 0 Å². The Labute approximate surface area is 147 Å². The number of anilines is 2. The molecule has 2 heterocycles. The first kappa shape index (κ1) is 15.7. The Morgan fingerprint density at radius 1 is 1.24 bits per heavy atom. The smallest absolute Gasteiger partial charge is 0.259 e. The summed E-state index contributed by atoms with van der Waals surface area (Å²) in [6, 6.07) is 11.2. The summed E-state index contributed by atoms with van der Waals surface area (Å²) in [7, 11) is 0. The van der Waals surface area contributed by atoms with Crippen LogP contribution in [0.5, 0.6) is 0 Å². The zero-order valence-electron chi connectivity index (χ0n) is 13.1. The van der Waals surface area contributed by atoms with Crippen LogP contribution < -0.4 is 10.6 Å². The second-order valence-corrected chi connectivity index (χ2v) is 6.56. The van der Waals surface area contributed by atoms with Crippen LogP contribution in [0.3, 0.4) is 0 Å². The lowest BCUT2D eigenvalue weighted by atomic mass is 10.1. The fraction of sp³-hybridized carbons (Fsp3) is 0.176. The minimum Gasteiger partial charge on any atom is -0.390 e. The molecule has 0 bridgehead atoms. The third-order valence-corrected chi connectivity index (χ3v) is 4.72. The average molecular weight is 353 g/mol. The van der Waals surface area contributed by atoms with Crippen molar-refractivity contribution in [2.45, 2.75) is 18.6 Å². The maximum absolute atomic E-state index is 12.1. The number of amides is 1. The second kappa shape index (κ2) is 6.58. The van der Waals surface area contributed by atoms with E-state index in [9.17, 15) is 9.90 Å². The summed E-state index contributed by atoms with van der Waals surface area (Å²) in [5.41, 5.74) is 4.19. The Bertz CT molecular complexity index is 882. The quantitative estimate of drug-likeness (QED) is 0.665. The number of benzene rings is 1. The van der Waals surface area contributed by atoms with Gasteiger partial charge in [0.1, 0.15) is 11.3 Å². The number of nitrogens with one attached hydrogen (secondary N) is 2. The molecule has 1 amide bonds. The van der Waals surface area contributed by atoms with E-state index in [1.807, 2.05) is 24.3 Å². The number of hydrogen-bond acceptors (Lipinski definition) is 7. The molecule has 2 atom stereocenters. The number of carbonyl (C=O) groups is 1. The molecule has 3 aromatic rings. The van der Waals surface area contributed by atoms with Crippen LogP contribution in [0.25, 0.3) is 0 Å². The molecule has 3 N–H and O–H groups in total. The molecule has 0 saturated heterocycles. The van der Waals surface area contributed by atoms with Crippen molar-refractivity contribution in [2.75, 3.05) is 10.6 Å². The lowest BCUT2D eigenvalue weighted by Crippen LogP contribution is -2.21. The van der Waals surface area contributed by atoms with Gasteiger partial charge in [-0.3, -0.25) is 10.1 Å². The molecule has 0 saturated carbocycles. The fourth-order valence-electron chi connectivity index (χ4n) is 2.92. The summed E-state index contributed by atoms with van der Waals surface area (Å²) in [5.74, 6) is 0.315. The average Bonchev–Trinajstić information content (AvgIpc) is 3.24. The Morgan fingerprint density at radius 2 is 2.12 bits per heavy atom. The van der Waals surface area contributed by atoms with Crippen molar-refractivity contribution in [1.82, 2.24) is 15.2 Å². The molecule has 1 aliphatic rings. The van der Waals surface area contributed by atoms with Crippen LogP contribution in [-0.4, -0.2) is 32.3 Å². The maximum atomic E-state index is 12.1. The van der Waals surface area contributed by atoms with E-state index in [2.05, 4.69) is 25.8 Å². The van der Waals surface area contributed by atoms with E-state index in [1.165, 1.54) is 17.5 Å². The highest BCUT2D eigenvalue weighted by molar-refractivity contribution is 7.13. The molecule has 0 fully saturated rings. The lowest BCUT2D eigenvalue weighted by molar-refractivity contribution is 0.102. The van der Waals surface area contributed by atoms with E-state index in [0.717, 1.165) is 11.1 Å². The van der Waals surface area contributed by atoms with Gasteiger partial charge in [0.25, 0.3) is 5.91 Å². The predicted molar refractivity (Wildman–Crippen MR) is 94.6 cm³/mol. The topological polar surface area (TPSA) is 100 Å². The summed E-state index contributed by atoms with van der Waals surface area (Å²) < 4.78 is 0. The van der Waals surface area contributed by atoms with Crippen molar-refractivity contribution < 1.29 is 9.90 Å². The van der Waals surface area contributed by atoms with Gasteiger partial charge in [0.2, 0.25) is 5.13 Å². The zero-order valence-corrected chi connectivity index (χ0v) is 13.9. The number of aliphatic hydroxyl groups is 1. The molecule has 1 aromatic carbocycles. The van der Waals surface area contributed by atoms with Crippen LogP contribution in [0.15, 0.2) is 48.1 Å². The summed E-state index contributed by atoms with van der Waals surface area (Å²) in [5, 5.41) is 24.1. The first-order valence-corrected chi connectivity index (χ1v) is 8.64. The largest absolute Gasteiger partial charge is 0.390 e. The van der Waals surface area contributed by atoms with E-state index in [1.54, 1.807) is 17.6 Å². The van der Waals surface area contributed by atoms with Gasteiger partial charge in [-0.25, -0.2) is 4.98 Å². The van der Waals surface area contributed by atoms with E-state index < -0.39 is 6.10 Å². The van der Waals surface area contributed by atoms with Crippen molar-refractivity contribution in [3.05, 3.63) is 64.8 Å². The third-order valence-electron chi connectivity index (χ3n) is 4.11. The minimum absolute atomic E-state index is 0.204. The van der Waals surface area contributed by atoms with Gasteiger partial charge in [-0.1, -0.05) is 35.6 Å². The molecular formula is C17H15N5O2S. The van der Waals surface area contributed by atoms with Crippen molar-refractivity contribution in [2.24, 2.45) is 0 Å². The van der Waals surface area contributed by atoms with Crippen LogP contribution in [0.4, 0.5) is 10.9 Å². The molecule has 126 valence electrons. The SMILES string of the molecule is O=C(Nc1nncs1)c1ccc(N[C@H]2c3ccccc3C[C@H]2O)nc1. The highest BCUT2D eigenvalue weighted by atomic mass is 32.1. The number of nitrogens with zero attached hydrogens (tertiary/aromatic N) is 3. The lowest BCUT2D eigenvalue weighted by Gasteiger charge is -2.18. The van der Waals surface area contributed by atoms with Gasteiger partial charge in [0.15, 0.2) is 0 Å². The number of rotatable bonds is 4. The number of carbonyl (C=O) groups excluding carboxylic acids is 1. The van der Waals surface area contributed by atoms with Crippen LogP contribution in [0.1, 0.15) is 27.5 Å². The van der Waals surface area contributed by atoms with Gasteiger partial charge < -0.3 is 10.4 Å². The molecule has 0 spiro atoms. The van der Waals surface area contributed by atoms with E-state index >= 15 is 0 Å². The first-order valence-electron chi connectivity index (χ1n) is 7.76. The Balaban J connectivity index is 1.47. The molecule has 25 heavy (non-hydrogen) atoms. The summed E-state index contributed by atoms with van der Waals surface area (Å²) >= 11 is 1.25. The molecule has 7 nitrogen and oxygen atoms in total. The highest BCUT2D eigenvalue weighted by Crippen LogP contribution is 2.33. The van der Waals surface area contributed by atoms with E-state index in [0.29, 0.717) is 22.9 Å². The third kappa shape index (κ3) is 3.21. The standard InChI is InChI=1S/C17H15N5O2S/c23-13-7-10-3-1-2-4-12(10)15(13)20-14-6-5-11(8-18-14)16(24)21-17-22-19-9-25-17/h1-6,8-9,13,15,23H,7H2,(H,18,20)(H,21,22,24)/t13-,15+/m1/s1.